The molecule has 110 valence electrons. The molecule has 0 aliphatic rings. The maximum absolute atomic E-state index is 12.0. The van der Waals surface area contributed by atoms with Gasteiger partial charge in [-0.25, -0.2) is 0 Å². The highest BCUT2D eigenvalue weighted by molar-refractivity contribution is 7.98. The van der Waals surface area contributed by atoms with Gasteiger partial charge in [-0.05, 0) is 53.3 Å². The molecule has 22 heavy (non-hydrogen) atoms. The van der Waals surface area contributed by atoms with Gasteiger partial charge in [-0.1, -0.05) is 36.4 Å². The van der Waals surface area contributed by atoms with Crippen LogP contribution in [0.25, 0.3) is 21.9 Å². The van der Waals surface area contributed by atoms with Gasteiger partial charge in [0.15, 0.2) is 5.78 Å². The molecular formula is C19H16O2S. The lowest BCUT2D eigenvalue weighted by Crippen LogP contribution is -1.98. The van der Waals surface area contributed by atoms with Crippen LogP contribution in [0.2, 0.25) is 0 Å². The number of carbonyl (C=O) groups excluding carboxylic acids is 1. The summed E-state index contributed by atoms with van der Waals surface area (Å²) in [6.07, 6.45) is 1.95. The van der Waals surface area contributed by atoms with Crippen LogP contribution < -0.4 is 0 Å². The molecule has 3 aromatic carbocycles. The standard InChI is InChI=1S/C19H16O2S/c1-12(20)19-17(10-16(22-2)11-18(19)21)15-8-7-13-5-3-4-6-14(13)9-15/h3-11,21H,1-2H3. The van der Waals surface area contributed by atoms with Crippen molar-refractivity contribution in [3.05, 3.63) is 60.2 Å². The highest BCUT2D eigenvalue weighted by atomic mass is 32.2. The molecule has 0 aliphatic heterocycles. The van der Waals surface area contributed by atoms with E-state index in [2.05, 4.69) is 12.1 Å². The Morgan fingerprint density at radius 3 is 2.41 bits per heavy atom. The van der Waals surface area contributed by atoms with Crippen LogP contribution in [-0.2, 0) is 0 Å². The molecule has 3 aromatic rings. The lowest BCUT2D eigenvalue weighted by molar-refractivity contribution is 0.101. The second-order valence-electron chi connectivity index (χ2n) is 5.19. The van der Waals surface area contributed by atoms with Gasteiger partial charge in [0.1, 0.15) is 5.75 Å². The number of hydrogen-bond donors (Lipinski definition) is 1. The normalized spacial score (nSPS) is 10.8. The molecule has 0 saturated heterocycles. The topological polar surface area (TPSA) is 37.3 Å². The molecule has 0 atom stereocenters. The van der Waals surface area contributed by atoms with E-state index in [1.54, 1.807) is 17.8 Å². The van der Waals surface area contributed by atoms with E-state index >= 15 is 0 Å². The van der Waals surface area contributed by atoms with Gasteiger partial charge in [-0.3, -0.25) is 4.79 Å². The quantitative estimate of drug-likeness (QED) is 0.538. The van der Waals surface area contributed by atoms with Gasteiger partial charge in [0.25, 0.3) is 0 Å². The predicted octanol–water partition coefficient (Wildman–Crippen LogP) is 5.14. The Morgan fingerprint density at radius 2 is 1.73 bits per heavy atom. The smallest absolute Gasteiger partial charge is 0.164 e. The number of phenols is 1. The number of thioether (sulfide) groups is 1. The summed E-state index contributed by atoms with van der Waals surface area (Å²) >= 11 is 1.54. The summed E-state index contributed by atoms with van der Waals surface area (Å²) in [6, 6.07) is 17.8. The predicted molar refractivity (Wildman–Crippen MR) is 92.8 cm³/mol. The maximum atomic E-state index is 12.0. The third-order valence-corrected chi connectivity index (χ3v) is 4.45. The fourth-order valence-electron chi connectivity index (χ4n) is 2.67. The molecule has 3 heteroatoms. The van der Waals surface area contributed by atoms with E-state index in [9.17, 15) is 9.90 Å². The molecule has 0 aromatic heterocycles. The van der Waals surface area contributed by atoms with Crippen molar-refractivity contribution >= 4 is 28.3 Å². The minimum Gasteiger partial charge on any atom is -0.507 e. The summed E-state index contributed by atoms with van der Waals surface area (Å²) in [4.78, 5) is 12.9. The lowest BCUT2D eigenvalue weighted by Gasteiger charge is -2.12. The summed E-state index contributed by atoms with van der Waals surface area (Å²) in [7, 11) is 0. The zero-order chi connectivity index (χ0) is 15.7. The molecule has 0 saturated carbocycles. The Morgan fingerprint density at radius 1 is 1.00 bits per heavy atom. The summed E-state index contributed by atoms with van der Waals surface area (Å²) < 4.78 is 0. The second kappa shape index (κ2) is 5.85. The van der Waals surface area contributed by atoms with E-state index in [0.717, 1.165) is 26.8 Å². The first-order valence-corrected chi connectivity index (χ1v) is 8.23. The van der Waals surface area contributed by atoms with Gasteiger partial charge in [0.05, 0.1) is 5.56 Å². The molecule has 0 fully saturated rings. The number of phenolic OH excluding ortho intramolecular Hbond substituents is 1. The lowest BCUT2D eigenvalue weighted by atomic mass is 9.95. The molecule has 0 heterocycles. The summed E-state index contributed by atoms with van der Waals surface area (Å²) in [5, 5.41) is 12.5. The van der Waals surface area contributed by atoms with Gasteiger partial charge in [-0.15, -0.1) is 11.8 Å². The summed E-state index contributed by atoms with van der Waals surface area (Å²) in [5.41, 5.74) is 2.10. The van der Waals surface area contributed by atoms with E-state index in [1.165, 1.54) is 6.92 Å². The molecule has 0 radical (unpaired) electrons. The van der Waals surface area contributed by atoms with E-state index in [-0.39, 0.29) is 11.5 Å². The number of benzene rings is 3. The maximum Gasteiger partial charge on any atom is 0.164 e. The first kappa shape index (κ1) is 14.7. The number of ketones is 1. The third kappa shape index (κ3) is 2.60. The monoisotopic (exact) mass is 308 g/mol. The number of fused-ring (bicyclic) bond motifs is 1. The first-order chi connectivity index (χ1) is 10.6. The molecule has 0 amide bonds. The van der Waals surface area contributed by atoms with Crippen molar-refractivity contribution in [1.82, 2.24) is 0 Å². The largest absolute Gasteiger partial charge is 0.507 e. The Labute approximate surface area is 133 Å². The number of carbonyl (C=O) groups is 1. The highest BCUT2D eigenvalue weighted by Crippen LogP contribution is 2.36. The van der Waals surface area contributed by atoms with Gasteiger partial charge in [0, 0.05) is 4.90 Å². The van der Waals surface area contributed by atoms with Crippen LogP contribution in [-0.4, -0.2) is 17.1 Å². The van der Waals surface area contributed by atoms with Crippen molar-refractivity contribution < 1.29 is 9.90 Å². The highest BCUT2D eigenvalue weighted by Gasteiger charge is 2.16. The van der Waals surface area contributed by atoms with Crippen LogP contribution in [0.15, 0.2) is 59.5 Å². The Kier molecular flexibility index (Phi) is 3.90. The molecular weight excluding hydrogens is 292 g/mol. The Balaban J connectivity index is 2.28. The number of Topliss-reactive ketones (excluding diaryl/α,β-unsaturated/α-hetero) is 1. The zero-order valence-corrected chi connectivity index (χ0v) is 13.3. The van der Waals surface area contributed by atoms with Gasteiger partial charge < -0.3 is 5.11 Å². The zero-order valence-electron chi connectivity index (χ0n) is 12.5. The van der Waals surface area contributed by atoms with E-state index in [4.69, 9.17) is 0 Å². The van der Waals surface area contributed by atoms with Crippen molar-refractivity contribution in [2.24, 2.45) is 0 Å². The fraction of sp³-hybridized carbons (Fsp3) is 0.105. The second-order valence-corrected chi connectivity index (χ2v) is 6.07. The molecule has 0 spiro atoms. The number of hydrogen-bond acceptors (Lipinski definition) is 3. The minimum absolute atomic E-state index is 0.0440. The molecule has 0 aliphatic carbocycles. The SMILES string of the molecule is CSc1cc(O)c(C(C)=O)c(-c2ccc3ccccc3c2)c1. The third-order valence-electron chi connectivity index (χ3n) is 3.74. The molecule has 1 N–H and O–H groups in total. The fourth-order valence-corrected chi connectivity index (χ4v) is 3.14. The van der Waals surface area contributed by atoms with Gasteiger partial charge >= 0.3 is 0 Å². The van der Waals surface area contributed by atoms with E-state index in [1.807, 2.05) is 42.7 Å². The van der Waals surface area contributed by atoms with Crippen LogP contribution >= 0.6 is 11.8 Å². The van der Waals surface area contributed by atoms with Crippen LogP contribution in [0.4, 0.5) is 0 Å². The van der Waals surface area contributed by atoms with Crippen LogP contribution in [0.5, 0.6) is 5.75 Å². The van der Waals surface area contributed by atoms with Gasteiger partial charge in [0.2, 0.25) is 0 Å². The Hall–Kier alpha value is -2.26. The average Bonchev–Trinajstić information content (AvgIpc) is 2.53. The average molecular weight is 308 g/mol. The van der Waals surface area contributed by atoms with Crippen LogP contribution in [0, 0.1) is 0 Å². The molecule has 0 unspecified atom stereocenters. The van der Waals surface area contributed by atoms with Crippen molar-refractivity contribution in [2.45, 2.75) is 11.8 Å². The Bertz CT molecular complexity index is 868. The van der Waals surface area contributed by atoms with Crippen molar-refractivity contribution in [3.8, 4) is 16.9 Å². The van der Waals surface area contributed by atoms with E-state index in [0.29, 0.717) is 5.56 Å². The molecule has 2 nitrogen and oxygen atoms in total. The summed E-state index contributed by atoms with van der Waals surface area (Å²) in [6.45, 7) is 1.48. The van der Waals surface area contributed by atoms with Crippen molar-refractivity contribution in [1.29, 1.82) is 0 Å². The van der Waals surface area contributed by atoms with Crippen molar-refractivity contribution in [3.63, 3.8) is 0 Å². The van der Waals surface area contributed by atoms with Crippen LogP contribution in [0.3, 0.4) is 0 Å². The van der Waals surface area contributed by atoms with Crippen LogP contribution in [0.1, 0.15) is 17.3 Å². The van der Waals surface area contributed by atoms with E-state index < -0.39 is 0 Å². The number of rotatable bonds is 3. The number of aromatic hydroxyl groups is 1. The molecule has 0 bridgehead atoms. The summed E-state index contributed by atoms with van der Waals surface area (Å²) in [5.74, 6) is -0.0872. The van der Waals surface area contributed by atoms with Gasteiger partial charge in [-0.2, -0.15) is 0 Å². The first-order valence-electron chi connectivity index (χ1n) is 7.01. The van der Waals surface area contributed by atoms with Crippen molar-refractivity contribution in [2.75, 3.05) is 6.26 Å². The molecule has 3 rings (SSSR count). The minimum atomic E-state index is -0.131.